The Balaban J connectivity index is 1.41. The molecule has 0 radical (unpaired) electrons. The van der Waals surface area contributed by atoms with Crippen LogP contribution in [0.5, 0.6) is 0 Å². The number of fused-ring (bicyclic) bond motifs is 1. The van der Waals surface area contributed by atoms with Gasteiger partial charge in [-0.1, -0.05) is 18.2 Å². The van der Waals surface area contributed by atoms with E-state index in [9.17, 15) is 22.8 Å². The molecular formula is C29H23F3N5O2+. The van der Waals surface area contributed by atoms with E-state index in [0.29, 0.717) is 11.2 Å². The van der Waals surface area contributed by atoms with E-state index in [0.717, 1.165) is 39.9 Å². The molecule has 0 spiro atoms. The van der Waals surface area contributed by atoms with E-state index in [4.69, 9.17) is 0 Å². The molecule has 5 rings (SSSR count). The monoisotopic (exact) mass is 530 g/mol. The number of carbonyl (C=O) groups excluding carboxylic acids is 1. The van der Waals surface area contributed by atoms with Crippen LogP contribution in [0.4, 0.5) is 18.9 Å². The molecule has 0 bridgehead atoms. The van der Waals surface area contributed by atoms with Crippen LogP contribution in [0.3, 0.4) is 0 Å². The van der Waals surface area contributed by atoms with Gasteiger partial charge in [-0.05, 0) is 60.0 Å². The van der Waals surface area contributed by atoms with Crippen molar-refractivity contribution in [3.8, 4) is 5.69 Å². The Hall–Kier alpha value is -4.99. The summed E-state index contributed by atoms with van der Waals surface area (Å²) in [5, 5.41) is 3.38. The van der Waals surface area contributed by atoms with Gasteiger partial charge in [0.25, 0.3) is 5.91 Å². The summed E-state index contributed by atoms with van der Waals surface area (Å²) in [5.41, 5.74) is 3.17. The molecular weight excluding hydrogens is 507 g/mol. The van der Waals surface area contributed by atoms with Crippen molar-refractivity contribution in [1.29, 1.82) is 0 Å². The number of imidazole rings is 1. The van der Waals surface area contributed by atoms with Crippen molar-refractivity contribution in [3.63, 3.8) is 0 Å². The first-order valence-corrected chi connectivity index (χ1v) is 11.9. The molecule has 0 fully saturated rings. The molecule has 0 aliphatic heterocycles. The average Bonchev–Trinajstić information content (AvgIpc) is 3.33. The van der Waals surface area contributed by atoms with Crippen molar-refractivity contribution >= 4 is 34.8 Å². The summed E-state index contributed by atoms with van der Waals surface area (Å²) in [6.07, 6.45) is 3.89. The number of halogens is 3. The number of hydrogen-bond donors (Lipinski definition) is 3. The third kappa shape index (κ3) is 5.80. The number of benzene rings is 2. The highest BCUT2D eigenvalue weighted by molar-refractivity contribution is 6.05. The first-order chi connectivity index (χ1) is 18.5. The summed E-state index contributed by atoms with van der Waals surface area (Å²) in [7, 11) is 0. The molecule has 0 aliphatic rings. The van der Waals surface area contributed by atoms with Crippen molar-refractivity contribution < 1.29 is 22.5 Å². The first kappa shape index (κ1) is 25.7. The summed E-state index contributed by atoms with van der Waals surface area (Å²) in [5.74, 6) is -0.540. The maximum absolute atomic E-state index is 13.6. The number of nitrogens with one attached hydrogen (secondary N) is 3. The zero-order valence-corrected chi connectivity index (χ0v) is 20.9. The maximum Gasteiger partial charge on any atom is 0.416 e. The number of aromatic amines is 2. The summed E-state index contributed by atoms with van der Waals surface area (Å²) < 4.78 is 42.3. The van der Waals surface area contributed by atoms with E-state index < -0.39 is 17.6 Å². The van der Waals surface area contributed by atoms with Crippen molar-refractivity contribution in [1.82, 2.24) is 15.0 Å². The molecule has 0 saturated carbocycles. The average molecular weight is 531 g/mol. The van der Waals surface area contributed by atoms with E-state index in [2.05, 4.69) is 20.3 Å². The highest BCUT2D eigenvalue weighted by atomic mass is 19.4. The topological polar surface area (TPSA) is 94.5 Å². The van der Waals surface area contributed by atoms with Crippen LogP contribution in [-0.2, 0) is 6.18 Å². The van der Waals surface area contributed by atoms with E-state index in [-0.39, 0.29) is 16.9 Å². The molecule has 3 N–H and O–H groups in total. The highest BCUT2D eigenvalue weighted by Gasteiger charge is 2.32. The predicted octanol–water partition coefficient (Wildman–Crippen LogP) is 5.59. The van der Waals surface area contributed by atoms with Crippen molar-refractivity contribution in [2.75, 3.05) is 5.32 Å². The smallest absolute Gasteiger partial charge is 0.322 e. The molecule has 2 aromatic carbocycles. The fourth-order valence-corrected chi connectivity index (χ4v) is 4.10. The second-order valence-corrected chi connectivity index (χ2v) is 9.15. The third-order valence-corrected chi connectivity index (χ3v) is 6.16. The van der Waals surface area contributed by atoms with Gasteiger partial charge in [0, 0.05) is 41.9 Å². The second-order valence-electron chi connectivity index (χ2n) is 9.15. The Labute approximate surface area is 220 Å². The highest BCUT2D eigenvalue weighted by Crippen LogP contribution is 2.32. The van der Waals surface area contributed by atoms with Gasteiger partial charge < -0.3 is 10.3 Å². The number of aryl methyl sites for hydroxylation is 2. The molecule has 196 valence electrons. The number of rotatable bonds is 5. The molecule has 1 amide bonds. The van der Waals surface area contributed by atoms with Gasteiger partial charge in [0.05, 0.1) is 5.56 Å². The van der Waals surface area contributed by atoms with Gasteiger partial charge in [-0.3, -0.25) is 9.59 Å². The number of hydrogen-bond acceptors (Lipinski definition) is 3. The first-order valence-electron chi connectivity index (χ1n) is 11.9. The van der Waals surface area contributed by atoms with Crippen LogP contribution >= 0.6 is 0 Å². The Morgan fingerprint density at radius 1 is 1.03 bits per heavy atom. The largest absolute Gasteiger partial charge is 0.416 e. The maximum atomic E-state index is 13.6. The quantitative estimate of drug-likeness (QED) is 0.259. The zero-order valence-electron chi connectivity index (χ0n) is 20.9. The number of nitrogens with zero attached hydrogens (tertiary/aromatic N) is 2. The molecule has 3 heterocycles. The predicted molar refractivity (Wildman–Crippen MR) is 142 cm³/mol. The molecule has 0 unspecified atom stereocenters. The number of pyridine rings is 2. The van der Waals surface area contributed by atoms with Crippen molar-refractivity contribution in [2.24, 2.45) is 0 Å². The van der Waals surface area contributed by atoms with Crippen molar-refractivity contribution in [3.05, 3.63) is 117 Å². The van der Waals surface area contributed by atoms with E-state index in [1.807, 2.05) is 25.1 Å². The lowest BCUT2D eigenvalue weighted by Gasteiger charge is -2.12. The Morgan fingerprint density at radius 2 is 1.85 bits per heavy atom. The number of H-pyrrole nitrogens is 2. The van der Waals surface area contributed by atoms with Crippen LogP contribution in [0.25, 0.3) is 28.9 Å². The molecule has 0 saturated heterocycles. The fourth-order valence-electron chi connectivity index (χ4n) is 4.10. The van der Waals surface area contributed by atoms with Crippen LogP contribution in [0.1, 0.15) is 38.3 Å². The van der Waals surface area contributed by atoms with E-state index >= 15 is 0 Å². The molecule has 39 heavy (non-hydrogen) atoms. The van der Waals surface area contributed by atoms with Gasteiger partial charge >= 0.3 is 6.18 Å². The summed E-state index contributed by atoms with van der Waals surface area (Å²) in [6.45, 7) is 3.68. The number of amides is 1. The third-order valence-electron chi connectivity index (χ3n) is 6.16. The lowest BCUT2D eigenvalue weighted by molar-refractivity contribution is -0.594. The van der Waals surface area contributed by atoms with Gasteiger partial charge in [0.15, 0.2) is 0 Å². The van der Waals surface area contributed by atoms with Crippen LogP contribution in [0, 0.1) is 13.8 Å². The number of alkyl halides is 3. The van der Waals surface area contributed by atoms with Gasteiger partial charge in [-0.25, -0.2) is 14.5 Å². The summed E-state index contributed by atoms with van der Waals surface area (Å²) in [4.78, 5) is 34.4. The second kappa shape index (κ2) is 10.1. The van der Waals surface area contributed by atoms with Crippen LogP contribution < -0.4 is 15.4 Å². The molecule has 3 aromatic heterocycles. The van der Waals surface area contributed by atoms with E-state index in [1.54, 1.807) is 49.9 Å². The summed E-state index contributed by atoms with van der Waals surface area (Å²) >= 11 is 0. The SMILES string of the molecule is Cc1c[n+](-c2cc(NC(=O)c3ccc(C)c(/C=C/c4cnc5[nH]c(=O)ccc5c4)c3)cc(C(F)(F)F)c2)c[nH]1. The van der Waals surface area contributed by atoms with Crippen LogP contribution in [-0.4, -0.2) is 20.9 Å². The standard InChI is InChI=1S/C29H22F3N5O2/c1-17-3-5-22(10-20(17)6-4-19-9-21-7-8-26(38)36-27(21)33-14-19)28(39)35-24-11-23(29(30,31)32)12-25(13-24)37-15-18(2)34-16-37/h3-16H,1-2H3,(H2,33,35,36,38,39)/p+1/b6-4+. The molecule has 0 atom stereocenters. The fraction of sp³-hybridized carbons (Fsp3) is 0.103. The van der Waals surface area contributed by atoms with Crippen LogP contribution in [0.2, 0.25) is 0 Å². The number of anilines is 1. The molecule has 0 aliphatic carbocycles. The molecule has 10 heteroatoms. The number of carbonyl (C=O) groups is 1. The lowest BCUT2D eigenvalue weighted by Crippen LogP contribution is -2.28. The van der Waals surface area contributed by atoms with Gasteiger partial charge in [0.2, 0.25) is 11.9 Å². The van der Waals surface area contributed by atoms with Gasteiger partial charge in [-0.15, -0.1) is 0 Å². The van der Waals surface area contributed by atoms with E-state index in [1.165, 1.54) is 16.7 Å². The molecule has 7 nitrogen and oxygen atoms in total. The Bertz CT molecular complexity index is 1800. The minimum Gasteiger partial charge on any atom is -0.322 e. The Morgan fingerprint density at radius 3 is 2.59 bits per heavy atom. The van der Waals surface area contributed by atoms with Gasteiger partial charge in [-0.2, -0.15) is 13.2 Å². The van der Waals surface area contributed by atoms with Crippen molar-refractivity contribution in [2.45, 2.75) is 20.0 Å². The minimum atomic E-state index is -4.59. The Kier molecular flexibility index (Phi) is 6.61. The number of aromatic nitrogens is 4. The van der Waals surface area contributed by atoms with Crippen LogP contribution in [0.15, 0.2) is 78.1 Å². The minimum absolute atomic E-state index is 0.0223. The normalized spacial score (nSPS) is 11.8. The van der Waals surface area contributed by atoms with Gasteiger partial charge in [0.1, 0.15) is 23.2 Å². The summed E-state index contributed by atoms with van der Waals surface area (Å²) in [6, 6.07) is 13.5. The molecule has 5 aromatic rings. The lowest BCUT2D eigenvalue weighted by atomic mass is 10.0. The zero-order chi connectivity index (χ0) is 27.7.